The summed E-state index contributed by atoms with van der Waals surface area (Å²) in [5, 5.41) is 4.31. The minimum absolute atomic E-state index is 0.148. The zero-order chi connectivity index (χ0) is 23.5. The fourth-order valence-electron chi connectivity index (χ4n) is 4.21. The van der Waals surface area contributed by atoms with Gasteiger partial charge in [0.1, 0.15) is 11.4 Å². The van der Waals surface area contributed by atoms with Crippen LogP contribution in [0.4, 0.5) is 11.6 Å². The predicted octanol–water partition coefficient (Wildman–Crippen LogP) is 5.09. The first kappa shape index (κ1) is 22.4. The number of aryl methyl sites for hydroxylation is 1. The lowest BCUT2D eigenvalue weighted by atomic mass is 10.1. The molecule has 0 saturated carbocycles. The highest BCUT2D eigenvalue weighted by Gasteiger charge is 2.13. The Labute approximate surface area is 200 Å². The van der Waals surface area contributed by atoms with Crippen LogP contribution in [-0.4, -0.2) is 51.8 Å². The van der Waals surface area contributed by atoms with Crippen LogP contribution >= 0.6 is 0 Å². The molecule has 2 aromatic heterocycles. The summed E-state index contributed by atoms with van der Waals surface area (Å²) in [5.74, 6) is 1.41. The number of morpholine rings is 1. The van der Waals surface area contributed by atoms with Crippen molar-refractivity contribution in [3.63, 3.8) is 0 Å². The number of anilines is 2. The van der Waals surface area contributed by atoms with Crippen molar-refractivity contribution < 1.29 is 9.47 Å². The smallest absolute Gasteiger partial charge is 0.229 e. The largest absolute Gasteiger partial charge is 0.491 e. The minimum atomic E-state index is 0.148. The molecule has 0 amide bonds. The van der Waals surface area contributed by atoms with Crippen molar-refractivity contribution in [3.8, 4) is 11.4 Å². The number of rotatable bonds is 7. The fraction of sp³-hybridized carbons (Fsp3) is 0.333. The third kappa shape index (κ3) is 5.05. The Balaban J connectivity index is 1.36. The van der Waals surface area contributed by atoms with E-state index in [9.17, 15) is 0 Å². The Hall–Kier alpha value is -3.42. The number of hydrogen-bond donors (Lipinski definition) is 1. The van der Waals surface area contributed by atoms with Crippen LogP contribution in [0.25, 0.3) is 16.7 Å². The van der Waals surface area contributed by atoms with Gasteiger partial charge in [-0.15, -0.1) is 0 Å². The second kappa shape index (κ2) is 9.83. The van der Waals surface area contributed by atoms with E-state index >= 15 is 0 Å². The molecule has 5 rings (SSSR count). The second-order valence-corrected chi connectivity index (χ2v) is 8.97. The number of fused-ring (bicyclic) bond motifs is 1. The Morgan fingerprint density at radius 1 is 1.06 bits per heavy atom. The highest BCUT2D eigenvalue weighted by molar-refractivity contribution is 5.79. The van der Waals surface area contributed by atoms with E-state index in [0.29, 0.717) is 5.95 Å². The van der Waals surface area contributed by atoms with Gasteiger partial charge in [0.25, 0.3) is 0 Å². The van der Waals surface area contributed by atoms with E-state index in [-0.39, 0.29) is 6.10 Å². The summed E-state index contributed by atoms with van der Waals surface area (Å²) in [6.45, 7) is 10.8. The molecule has 34 heavy (non-hydrogen) atoms. The van der Waals surface area contributed by atoms with Gasteiger partial charge in [0.05, 0.1) is 19.3 Å². The van der Waals surface area contributed by atoms with Gasteiger partial charge in [0.2, 0.25) is 5.95 Å². The van der Waals surface area contributed by atoms with E-state index < -0.39 is 0 Å². The molecule has 0 atom stereocenters. The van der Waals surface area contributed by atoms with Crippen molar-refractivity contribution in [1.82, 2.24) is 19.4 Å². The minimum Gasteiger partial charge on any atom is -0.491 e. The first-order valence-electron chi connectivity index (χ1n) is 11.8. The normalized spacial score (nSPS) is 14.6. The number of nitrogens with zero attached hydrogens (tertiary/aromatic N) is 4. The Bertz CT molecular complexity index is 1260. The summed E-state index contributed by atoms with van der Waals surface area (Å²) in [7, 11) is 0. The van der Waals surface area contributed by atoms with Gasteiger partial charge in [0, 0.05) is 48.8 Å². The monoisotopic (exact) mass is 457 g/mol. The molecule has 3 heterocycles. The van der Waals surface area contributed by atoms with E-state index in [1.165, 1.54) is 11.1 Å². The van der Waals surface area contributed by atoms with Crippen molar-refractivity contribution in [2.75, 3.05) is 31.6 Å². The zero-order valence-corrected chi connectivity index (χ0v) is 20.0. The SMILES string of the molecule is Cc1cc(-n2ccc3cnc(Nc4ccc(OC(C)C)cc4)nc32)ccc1CN1CCOCC1. The highest BCUT2D eigenvalue weighted by Crippen LogP contribution is 2.24. The first-order valence-corrected chi connectivity index (χ1v) is 11.8. The quantitative estimate of drug-likeness (QED) is 0.417. The third-order valence-corrected chi connectivity index (χ3v) is 6.01. The molecule has 1 fully saturated rings. The summed E-state index contributed by atoms with van der Waals surface area (Å²) >= 11 is 0. The van der Waals surface area contributed by atoms with Crippen LogP contribution in [-0.2, 0) is 11.3 Å². The number of aromatic nitrogens is 3. The van der Waals surface area contributed by atoms with Gasteiger partial charge in [-0.2, -0.15) is 4.98 Å². The average molecular weight is 458 g/mol. The molecular weight excluding hydrogens is 426 g/mol. The van der Waals surface area contributed by atoms with Crippen LogP contribution < -0.4 is 10.1 Å². The summed E-state index contributed by atoms with van der Waals surface area (Å²) < 4.78 is 13.3. The van der Waals surface area contributed by atoms with Crippen LogP contribution in [0, 0.1) is 6.92 Å². The van der Waals surface area contributed by atoms with Crippen molar-refractivity contribution in [2.24, 2.45) is 0 Å². The Morgan fingerprint density at radius 3 is 2.59 bits per heavy atom. The third-order valence-electron chi connectivity index (χ3n) is 6.01. The highest BCUT2D eigenvalue weighted by atomic mass is 16.5. The van der Waals surface area contributed by atoms with Crippen molar-refractivity contribution >= 4 is 22.7 Å². The van der Waals surface area contributed by atoms with E-state index in [1.807, 2.05) is 50.4 Å². The lowest BCUT2D eigenvalue weighted by molar-refractivity contribution is 0.0341. The standard InChI is InChI=1S/C27H31N5O2/c1-19(2)34-25-8-5-23(6-9-25)29-27-28-17-21-10-11-32(26(21)30-27)24-7-4-22(20(3)16-24)18-31-12-14-33-15-13-31/h4-11,16-17,19H,12-15,18H2,1-3H3,(H,28,29,30). The number of benzene rings is 2. The molecule has 0 spiro atoms. The number of ether oxygens (including phenoxy) is 2. The van der Waals surface area contributed by atoms with E-state index in [2.05, 4.69) is 51.1 Å². The van der Waals surface area contributed by atoms with E-state index in [0.717, 1.165) is 61.0 Å². The van der Waals surface area contributed by atoms with Crippen LogP contribution in [0.15, 0.2) is 60.9 Å². The molecule has 0 bridgehead atoms. The second-order valence-electron chi connectivity index (χ2n) is 8.97. The van der Waals surface area contributed by atoms with Gasteiger partial charge in [0.15, 0.2) is 0 Å². The van der Waals surface area contributed by atoms with Crippen molar-refractivity contribution in [2.45, 2.75) is 33.4 Å². The van der Waals surface area contributed by atoms with Crippen LogP contribution in [0.5, 0.6) is 5.75 Å². The van der Waals surface area contributed by atoms with E-state index in [1.54, 1.807) is 0 Å². The average Bonchev–Trinajstić information content (AvgIpc) is 3.25. The zero-order valence-electron chi connectivity index (χ0n) is 20.0. The molecule has 0 aliphatic carbocycles. The maximum absolute atomic E-state index is 5.72. The molecule has 1 aliphatic heterocycles. The van der Waals surface area contributed by atoms with Crippen molar-refractivity contribution in [1.29, 1.82) is 0 Å². The Kier molecular flexibility index (Phi) is 6.47. The predicted molar refractivity (Wildman–Crippen MR) is 135 cm³/mol. The van der Waals surface area contributed by atoms with Crippen LogP contribution in [0.3, 0.4) is 0 Å². The molecule has 7 heteroatoms. The van der Waals surface area contributed by atoms with E-state index in [4.69, 9.17) is 14.5 Å². The molecular formula is C27H31N5O2. The van der Waals surface area contributed by atoms with Gasteiger partial charge in [-0.3, -0.25) is 4.90 Å². The lowest BCUT2D eigenvalue weighted by Crippen LogP contribution is -2.35. The number of nitrogens with one attached hydrogen (secondary N) is 1. The lowest BCUT2D eigenvalue weighted by Gasteiger charge is -2.27. The van der Waals surface area contributed by atoms with Gasteiger partial charge < -0.3 is 19.4 Å². The van der Waals surface area contributed by atoms with Gasteiger partial charge in [-0.05, 0) is 74.4 Å². The molecule has 1 aliphatic rings. The topological polar surface area (TPSA) is 64.4 Å². The molecule has 0 radical (unpaired) electrons. The molecule has 2 aromatic carbocycles. The maximum atomic E-state index is 5.72. The summed E-state index contributed by atoms with van der Waals surface area (Å²) in [5.41, 5.74) is 5.51. The molecule has 176 valence electrons. The number of hydrogen-bond acceptors (Lipinski definition) is 6. The van der Waals surface area contributed by atoms with Crippen LogP contribution in [0.2, 0.25) is 0 Å². The maximum Gasteiger partial charge on any atom is 0.229 e. The van der Waals surface area contributed by atoms with Gasteiger partial charge >= 0.3 is 0 Å². The van der Waals surface area contributed by atoms with Gasteiger partial charge in [-0.1, -0.05) is 6.07 Å². The summed E-state index contributed by atoms with van der Waals surface area (Å²) in [6, 6.07) is 16.5. The fourth-order valence-corrected chi connectivity index (χ4v) is 4.21. The van der Waals surface area contributed by atoms with Gasteiger partial charge in [-0.25, -0.2) is 4.98 Å². The molecule has 1 N–H and O–H groups in total. The molecule has 4 aromatic rings. The molecule has 0 unspecified atom stereocenters. The summed E-state index contributed by atoms with van der Waals surface area (Å²) in [4.78, 5) is 11.8. The first-order chi connectivity index (χ1) is 16.5. The molecule has 1 saturated heterocycles. The van der Waals surface area contributed by atoms with Crippen LogP contribution in [0.1, 0.15) is 25.0 Å². The Morgan fingerprint density at radius 2 is 1.85 bits per heavy atom. The molecule has 7 nitrogen and oxygen atoms in total. The summed E-state index contributed by atoms with van der Waals surface area (Å²) in [6.07, 6.45) is 4.06. The van der Waals surface area contributed by atoms with Crippen molar-refractivity contribution in [3.05, 3.63) is 72.1 Å².